The molecule has 17 heavy (non-hydrogen) atoms. The normalized spacial score (nSPS) is 21.4. The Morgan fingerprint density at radius 2 is 2.12 bits per heavy atom. The fraction of sp³-hybridized carbons (Fsp3) is 0.786. The molecule has 0 amide bonds. The van der Waals surface area contributed by atoms with Crippen molar-refractivity contribution in [2.75, 3.05) is 0 Å². The van der Waals surface area contributed by atoms with Crippen molar-refractivity contribution in [1.82, 2.24) is 9.55 Å². The van der Waals surface area contributed by atoms with Crippen LogP contribution >= 0.6 is 0 Å². The van der Waals surface area contributed by atoms with Crippen LogP contribution in [0.4, 0.5) is 0 Å². The van der Waals surface area contributed by atoms with E-state index in [0.717, 1.165) is 18.8 Å². The van der Waals surface area contributed by atoms with E-state index in [1.165, 1.54) is 32.1 Å². The maximum Gasteiger partial charge on any atom is 0.126 e. The molecule has 1 fully saturated rings. The molecule has 3 heteroatoms. The van der Waals surface area contributed by atoms with Crippen LogP contribution in [-0.4, -0.2) is 9.55 Å². The Bertz CT molecular complexity index is 350. The number of nitrogens with zero attached hydrogens (tertiary/aromatic N) is 2. The Morgan fingerprint density at radius 1 is 1.41 bits per heavy atom. The minimum atomic E-state index is 0.0874. The van der Waals surface area contributed by atoms with Crippen molar-refractivity contribution >= 4 is 0 Å². The lowest BCUT2D eigenvalue weighted by atomic mass is 9.70. The average molecular weight is 235 g/mol. The zero-order valence-electron chi connectivity index (χ0n) is 11.2. The van der Waals surface area contributed by atoms with E-state index in [0.29, 0.717) is 0 Å². The predicted molar refractivity (Wildman–Crippen MR) is 70.6 cm³/mol. The molecule has 1 aliphatic carbocycles. The first kappa shape index (κ1) is 12.6. The number of aryl methyl sites for hydroxylation is 1. The topological polar surface area (TPSA) is 43.8 Å². The molecule has 0 radical (unpaired) electrons. The van der Waals surface area contributed by atoms with E-state index in [4.69, 9.17) is 5.73 Å². The first-order chi connectivity index (χ1) is 8.17. The van der Waals surface area contributed by atoms with Gasteiger partial charge in [0.05, 0.1) is 6.04 Å². The SMILES string of the molecule is CCCn1ccnc1C(N)C1(C)CCCCC1. The van der Waals surface area contributed by atoms with E-state index in [2.05, 4.69) is 29.6 Å². The molecule has 0 aromatic carbocycles. The zero-order chi connectivity index (χ0) is 12.3. The molecule has 3 nitrogen and oxygen atoms in total. The number of rotatable bonds is 4. The Kier molecular flexibility index (Phi) is 3.87. The summed E-state index contributed by atoms with van der Waals surface area (Å²) in [4.78, 5) is 4.49. The van der Waals surface area contributed by atoms with E-state index in [1.807, 2.05) is 6.20 Å². The summed E-state index contributed by atoms with van der Waals surface area (Å²) in [5.41, 5.74) is 6.74. The first-order valence-electron chi connectivity index (χ1n) is 6.94. The van der Waals surface area contributed by atoms with Crippen LogP contribution < -0.4 is 5.73 Å². The summed E-state index contributed by atoms with van der Waals surface area (Å²) in [5.74, 6) is 1.08. The van der Waals surface area contributed by atoms with Crippen LogP contribution in [0.15, 0.2) is 12.4 Å². The van der Waals surface area contributed by atoms with Gasteiger partial charge in [-0.05, 0) is 24.7 Å². The van der Waals surface area contributed by atoms with Crippen molar-refractivity contribution in [3.05, 3.63) is 18.2 Å². The van der Waals surface area contributed by atoms with Crippen LogP contribution in [0.1, 0.15) is 64.2 Å². The molecular weight excluding hydrogens is 210 g/mol. The van der Waals surface area contributed by atoms with Crippen molar-refractivity contribution in [1.29, 1.82) is 0 Å². The third-order valence-corrected chi connectivity index (χ3v) is 4.24. The Hall–Kier alpha value is -0.830. The van der Waals surface area contributed by atoms with E-state index in [9.17, 15) is 0 Å². The molecule has 1 atom stereocenters. The van der Waals surface area contributed by atoms with Gasteiger partial charge in [0, 0.05) is 18.9 Å². The van der Waals surface area contributed by atoms with Gasteiger partial charge < -0.3 is 10.3 Å². The second-order valence-electron chi connectivity index (χ2n) is 5.67. The van der Waals surface area contributed by atoms with Crippen LogP contribution in [-0.2, 0) is 6.54 Å². The van der Waals surface area contributed by atoms with Gasteiger partial charge >= 0.3 is 0 Å². The van der Waals surface area contributed by atoms with Crippen LogP contribution in [0, 0.1) is 5.41 Å². The highest BCUT2D eigenvalue weighted by Gasteiger charge is 2.36. The summed E-state index contributed by atoms with van der Waals surface area (Å²) in [6, 6.07) is 0.0874. The van der Waals surface area contributed by atoms with Gasteiger partial charge in [-0.25, -0.2) is 4.98 Å². The van der Waals surface area contributed by atoms with Crippen molar-refractivity contribution in [2.45, 2.75) is 65.0 Å². The van der Waals surface area contributed by atoms with Gasteiger partial charge in [0.15, 0.2) is 0 Å². The molecule has 0 aliphatic heterocycles. The van der Waals surface area contributed by atoms with Gasteiger partial charge in [0.1, 0.15) is 5.82 Å². The molecule has 1 aliphatic rings. The third kappa shape index (κ3) is 2.54. The molecule has 0 saturated heterocycles. The summed E-state index contributed by atoms with van der Waals surface area (Å²) >= 11 is 0. The molecule has 1 aromatic rings. The number of imidazole rings is 1. The summed E-state index contributed by atoms with van der Waals surface area (Å²) in [7, 11) is 0. The highest BCUT2D eigenvalue weighted by Crippen LogP contribution is 2.43. The number of nitrogens with two attached hydrogens (primary N) is 1. The lowest BCUT2D eigenvalue weighted by Crippen LogP contribution is -2.35. The van der Waals surface area contributed by atoms with Crippen molar-refractivity contribution in [3.63, 3.8) is 0 Å². The summed E-state index contributed by atoms with van der Waals surface area (Å²) in [5, 5.41) is 0. The van der Waals surface area contributed by atoms with Gasteiger partial charge in [0.25, 0.3) is 0 Å². The Balaban J connectivity index is 2.17. The molecule has 1 aromatic heterocycles. The minimum absolute atomic E-state index is 0.0874. The van der Waals surface area contributed by atoms with Crippen molar-refractivity contribution in [3.8, 4) is 0 Å². The fourth-order valence-corrected chi connectivity index (χ4v) is 3.01. The van der Waals surface area contributed by atoms with Crippen LogP contribution in [0.5, 0.6) is 0 Å². The second kappa shape index (κ2) is 5.21. The third-order valence-electron chi connectivity index (χ3n) is 4.24. The molecular formula is C14H25N3. The lowest BCUT2D eigenvalue weighted by Gasteiger charge is -2.38. The molecule has 1 unspecified atom stereocenters. The highest BCUT2D eigenvalue weighted by molar-refractivity contribution is 5.05. The monoisotopic (exact) mass is 235 g/mol. The summed E-state index contributed by atoms with van der Waals surface area (Å²) in [6.07, 6.45) is 11.6. The van der Waals surface area contributed by atoms with Gasteiger partial charge in [0.2, 0.25) is 0 Å². The average Bonchev–Trinajstić information content (AvgIpc) is 2.78. The van der Waals surface area contributed by atoms with Gasteiger partial charge in [-0.15, -0.1) is 0 Å². The van der Waals surface area contributed by atoms with E-state index < -0.39 is 0 Å². The second-order valence-corrected chi connectivity index (χ2v) is 5.67. The van der Waals surface area contributed by atoms with Crippen LogP contribution in [0.25, 0.3) is 0 Å². The minimum Gasteiger partial charge on any atom is -0.334 e. The lowest BCUT2D eigenvalue weighted by molar-refractivity contribution is 0.162. The summed E-state index contributed by atoms with van der Waals surface area (Å²) in [6.45, 7) is 5.55. The number of aromatic nitrogens is 2. The quantitative estimate of drug-likeness (QED) is 0.870. The molecule has 0 bridgehead atoms. The standard InChI is InChI=1S/C14H25N3/c1-3-10-17-11-9-16-13(17)12(15)14(2)7-5-4-6-8-14/h9,11-12H,3-8,10,15H2,1-2H3. The molecule has 1 saturated carbocycles. The largest absolute Gasteiger partial charge is 0.334 e. The Labute approximate surface area is 104 Å². The van der Waals surface area contributed by atoms with Gasteiger partial charge in [-0.3, -0.25) is 0 Å². The van der Waals surface area contributed by atoms with Gasteiger partial charge in [-0.1, -0.05) is 33.1 Å². The fourth-order valence-electron chi connectivity index (χ4n) is 3.01. The highest BCUT2D eigenvalue weighted by atomic mass is 15.1. The van der Waals surface area contributed by atoms with E-state index >= 15 is 0 Å². The smallest absolute Gasteiger partial charge is 0.126 e. The van der Waals surface area contributed by atoms with Gasteiger partial charge in [-0.2, -0.15) is 0 Å². The van der Waals surface area contributed by atoms with E-state index in [-0.39, 0.29) is 11.5 Å². The van der Waals surface area contributed by atoms with Crippen LogP contribution in [0.3, 0.4) is 0 Å². The maximum absolute atomic E-state index is 6.50. The number of hydrogen-bond acceptors (Lipinski definition) is 2. The Morgan fingerprint density at radius 3 is 2.76 bits per heavy atom. The maximum atomic E-state index is 6.50. The summed E-state index contributed by atoms with van der Waals surface area (Å²) < 4.78 is 2.23. The predicted octanol–water partition coefficient (Wildman–Crippen LogP) is 3.26. The molecule has 2 rings (SSSR count). The molecule has 1 heterocycles. The van der Waals surface area contributed by atoms with E-state index in [1.54, 1.807) is 0 Å². The first-order valence-corrected chi connectivity index (χ1v) is 6.94. The van der Waals surface area contributed by atoms with Crippen LogP contribution in [0.2, 0.25) is 0 Å². The number of hydrogen-bond donors (Lipinski definition) is 1. The molecule has 96 valence electrons. The molecule has 2 N–H and O–H groups in total. The van der Waals surface area contributed by atoms with Crippen molar-refractivity contribution < 1.29 is 0 Å². The molecule has 0 spiro atoms. The van der Waals surface area contributed by atoms with Crippen molar-refractivity contribution in [2.24, 2.45) is 11.1 Å². The zero-order valence-corrected chi connectivity index (χ0v) is 11.2.